The van der Waals surface area contributed by atoms with E-state index in [1.165, 1.54) is 12.1 Å². The molecule has 0 saturated heterocycles. The van der Waals surface area contributed by atoms with Gasteiger partial charge in [-0.1, -0.05) is 54.1 Å². The summed E-state index contributed by atoms with van der Waals surface area (Å²) in [6.45, 7) is 3.83. The summed E-state index contributed by atoms with van der Waals surface area (Å²) in [5, 5.41) is 3.27. The minimum absolute atomic E-state index is 0.148. The van der Waals surface area contributed by atoms with Crippen molar-refractivity contribution in [1.29, 1.82) is 0 Å². The molecule has 0 aliphatic heterocycles. The van der Waals surface area contributed by atoms with Crippen LogP contribution >= 0.6 is 11.6 Å². The number of rotatable bonds is 5. The number of carbonyl (C=O) groups is 2. The van der Waals surface area contributed by atoms with E-state index in [0.717, 1.165) is 11.1 Å². The lowest BCUT2D eigenvalue weighted by Crippen LogP contribution is -2.26. The van der Waals surface area contributed by atoms with Crippen molar-refractivity contribution in [3.63, 3.8) is 0 Å². The Morgan fingerprint density at radius 2 is 1.72 bits per heavy atom. The minimum atomic E-state index is -1.14. The van der Waals surface area contributed by atoms with Crippen molar-refractivity contribution in [3.05, 3.63) is 94.0 Å². The highest BCUT2D eigenvalue weighted by atomic mass is 35.5. The quantitative estimate of drug-likeness (QED) is 0.456. The monoisotopic (exact) mass is 408 g/mol. The van der Waals surface area contributed by atoms with Crippen molar-refractivity contribution in [1.82, 2.24) is 0 Å². The molecule has 148 valence electrons. The Morgan fingerprint density at radius 1 is 1.00 bits per heavy atom. The molecular weight excluding hydrogens is 388 g/mol. The maximum atomic E-state index is 13.0. The summed E-state index contributed by atoms with van der Waals surface area (Å²) < 4.78 is 5.57. The van der Waals surface area contributed by atoms with E-state index in [0.29, 0.717) is 16.3 Å². The van der Waals surface area contributed by atoms with Crippen molar-refractivity contribution in [2.24, 2.45) is 0 Å². The predicted octanol–water partition coefficient (Wildman–Crippen LogP) is 5.08. The maximum Gasteiger partial charge on any atom is 0.341 e. The molecule has 6 heteroatoms. The number of benzene rings is 3. The first kappa shape index (κ1) is 20.4. The first-order valence-corrected chi connectivity index (χ1v) is 9.42. The van der Waals surface area contributed by atoms with E-state index in [9.17, 15) is 9.59 Å². The number of nitrogens with two attached hydrogens (primary N) is 1. The molecule has 29 heavy (non-hydrogen) atoms. The molecule has 0 aromatic heterocycles. The lowest BCUT2D eigenvalue weighted by molar-refractivity contribution is -0.125. The third-order valence-electron chi connectivity index (χ3n) is 4.45. The Kier molecular flexibility index (Phi) is 6.20. The summed E-state index contributed by atoms with van der Waals surface area (Å²) in [5.41, 5.74) is 9.35. The van der Waals surface area contributed by atoms with E-state index in [2.05, 4.69) is 5.32 Å². The predicted molar refractivity (Wildman–Crippen MR) is 115 cm³/mol. The van der Waals surface area contributed by atoms with E-state index in [4.69, 9.17) is 22.1 Å². The Balaban J connectivity index is 1.89. The highest BCUT2D eigenvalue weighted by Gasteiger charge is 2.27. The fraction of sp³-hybridized carbons (Fsp3) is 0.130. The van der Waals surface area contributed by atoms with Gasteiger partial charge in [-0.25, -0.2) is 4.79 Å². The first-order chi connectivity index (χ1) is 13.8. The summed E-state index contributed by atoms with van der Waals surface area (Å²) in [4.78, 5) is 25.8. The number of amides is 1. The number of esters is 1. The standard InChI is InChI=1S/C23H21ClN2O3/c1-14-8-9-15(2)20(12-14)26-22(27)21(16-6-4-3-5-7-16)29-23(28)18-11-10-17(24)13-19(18)25/h3-13,21H,25H2,1-2H3,(H,26,27). The molecule has 3 rings (SSSR count). The molecule has 3 aromatic carbocycles. The summed E-state index contributed by atoms with van der Waals surface area (Å²) in [6, 6.07) is 19.1. The van der Waals surface area contributed by atoms with Gasteiger partial charge in [0.05, 0.1) is 5.56 Å². The van der Waals surface area contributed by atoms with Gasteiger partial charge in [0, 0.05) is 22.0 Å². The topological polar surface area (TPSA) is 81.4 Å². The molecule has 5 nitrogen and oxygen atoms in total. The van der Waals surface area contributed by atoms with Crippen molar-refractivity contribution < 1.29 is 14.3 Å². The van der Waals surface area contributed by atoms with Crippen LogP contribution in [0, 0.1) is 13.8 Å². The van der Waals surface area contributed by atoms with Gasteiger partial charge in [0.25, 0.3) is 5.91 Å². The number of aryl methyl sites for hydroxylation is 2. The van der Waals surface area contributed by atoms with Gasteiger partial charge < -0.3 is 15.8 Å². The van der Waals surface area contributed by atoms with Crippen LogP contribution in [0.5, 0.6) is 0 Å². The minimum Gasteiger partial charge on any atom is -0.444 e. The number of hydrogen-bond donors (Lipinski definition) is 2. The summed E-state index contributed by atoms with van der Waals surface area (Å²) in [5.74, 6) is -1.16. The Labute approximate surface area is 174 Å². The van der Waals surface area contributed by atoms with Crippen LogP contribution in [0.2, 0.25) is 5.02 Å². The lowest BCUT2D eigenvalue weighted by Gasteiger charge is -2.19. The van der Waals surface area contributed by atoms with E-state index in [1.54, 1.807) is 30.3 Å². The average molecular weight is 409 g/mol. The smallest absolute Gasteiger partial charge is 0.341 e. The zero-order valence-corrected chi connectivity index (χ0v) is 16.9. The molecule has 0 fully saturated rings. The number of nitrogens with one attached hydrogen (secondary N) is 1. The van der Waals surface area contributed by atoms with Crippen LogP contribution in [0.3, 0.4) is 0 Å². The molecule has 0 heterocycles. The van der Waals surface area contributed by atoms with E-state index < -0.39 is 18.0 Å². The van der Waals surface area contributed by atoms with E-state index in [1.807, 2.05) is 38.1 Å². The molecule has 1 atom stereocenters. The molecule has 1 unspecified atom stereocenters. The van der Waals surface area contributed by atoms with Crippen molar-refractivity contribution in [3.8, 4) is 0 Å². The number of nitrogen functional groups attached to an aromatic ring is 1. The van der Waals surface area contributed by atoms with Crippen LogP contribution in [0.1, 0.15) is 33.2 Å². The molecule has 0 spiro atoms. The Morgan fingerprint density at radius 3 is 2.41 bits per heavy atom. The summed E-state index contributed by atoms with van der Waals surface area (Å²) in [6.07, 6.45) is -1.14. The zero-order chi connectivity index (χ0) is 21.0. The lowest BCUT2D eigenvalue weighted by atomic mass is 10.1. The molecule has 0 aliphatic rings. The molecule has 1 amide bonds. The number of anilines is 2. The molecule has 0 bridgehead atoms. The van der Waals surface area contributed by atoms with Crippen LogP contribution in [0.15, 0.2) is 66.7 Å². The van der Waals surface area contributed by atoms with Crippen molar-refractivity contribution in [2.45, 2.75) is 20.0 Å². The number of carbonyl (C=O) groups excluding carboxylic acids is 2. The number of hydrogen-bond acceptors (Lipinski definition) is 4. The van der Waals surface area contributed by atoms with Gasteiger partial charge in [-0.15, -0.1) is 0 Å². The summed E-state index contributed by atoms with van der Waals surface area (Å²) in [7, 11) is 0. The number of halogens is 1. The first-order valence-electron chi connectivity index (χ1n) is 9.04. The van der Waals surface area contributed by atoms with Gasteiger partial charge in [-0.05, 0) is 49.2 Å². The maximum absolute atomic E-state index is 13.0. The molecule has 3 aromatic rings. The average Bonchev–Trinajstić information content (AvgIpc) is 2.69. The fourth-order valence-electron chi connectivity index (χ4n) is 2.86. The fourth-order valence-corrected chi connectivity index (χ4v) is 3.04. The molecule has 0 aliphatic carbocycles. The molecular formula is C23H21ClN2O3. The van der Waals surface area contributed by atoms with Crippen LogP contribution in [0.4, 0.5) is 11.4 Å². The largest absolute Gasteiger partial charge is 0.444 e. The van der Waals surface area contributed by atoms with Gasteiger partial charge in [0.1, 0.15) is 0 Å². The molecule has 0 saturated carbocycles. The third-order valence-corrected chi connectivity index (χ3v) is 4.68. The second kappa shape index (κ2) is 8.80. The second-order valence-corrected chi connectivity index (χ2v) is 7.17. The second-order valence-electron chi connectivity index (χ2n) is 6.74. The zero-order valence-electron chi connectivity index (χ0n) is 16.1. The Hall–Kier alpha value is -3.31. The van der Waals surface area contributed by atoms with Gasteiger partial charge in [0.15, 0.2) is 0 Å². The van der Waals surface area contributed by atoms with Gasteiger partial charge in [-0.3, -0.25) is 4.79 Å². The van der Waals surface area contributed by atoms with Gasteiger partial charge >= 0.3 is 5.97 Å². The number of ether oxygens (including phenoxy) is 1. The highest BCUT2D eigenvalue weighted by molar-refractivity contribution is 6.31. The normalized spacial score (nSPS) is 11.6. The van der Waals surface area contributed by atoms with Gasteiger partial charge in [-0.2, -0.15) is 0 Å². The van der Waals surface area contributed by atoms with Crippen LogP contribution in [-0.2, 0) is 9.53 Å². The summed E-state index contributed by atoms with van der Waals surface area (Å²) >= 11 is 5.90. The van der Waals surface area contributed by atoms with Gasteiger partial charge in [0.2, 0.25) is 6.10 Å². The van der Waals surface area contributed by atoms with Crippen LogP contribution < -0.4 is 11.1 Å². The van der Waals surface area contributed by atoms with Crippen molar-refractivity contribution in [2.75, 3.05) is 11.1 Å². The van der Waals surface area contributed by atoms with E-state index >= 15 is 0 Å². The van der Waals surface area contributed by atoms with Crippen LogP contribution in [0.25, 0.3) is 0 Å². The van der Waals surface area contributed by atoms with E-state index in [-0.39, 0.29) is 11.3 Å². The Bertz CT molecular complexity index is 1050. The molecule has 0 radical (unpaired) electrons. The SMILES string of the molecule is Cc1ccc(C)c(NC(=O)C(OC(=O)c2ccc(Cl)cc2N)c2ccccc2)c1. The highest BCUT2D eigenvalue weighted by Crippen LogP contribution is 2.26. The van der Waals surface area contributed by atoms with Crippen molar-refractivity contribution >= 4 is 34.9 Å². The third kappa shape index (κ3) is 4.95. The van der Waals surface area contributed by atoms with Crippen LogP contribution in [-0.4, -0.2) is 11.9 Å². The molecule has 3 N–H and O–H groups in total.